The van der Waals surface area contributed by atoms with Crippen LogP contribution in [0.15, 0.2) is 41.1 Å². The van der Waals surface area contributed by atoms with E-state index in [0.717, 1.165) is 27.8 Å². The van der Waals surface area contributed by atoms with Crippen LogP contribution in [-0.4, -0.2) is 17.4 Å². The van der Waals surface area contributed by atoms with Crippen LogP contribution in [0.1, 0.15) is 36.2 Å². The number of carbonyl (C=O) groups is 1. The van der Waals surface area contributed by atoms with Crippen LogP contribution in [0, 0.1) is 12.8 Å². The number of amides is 1. The third kappa shape index (κ3) is 5.36. The number of pyridine rings is 1. The molecule has 0 aliphatic carbocycles. The fraction of sp³-hybridized carbons (Fsp3) is 0.333. The molecule has 0 radical (unpaired) electrons. The lowest BCUT2D eigenvalue weighted by atomic mass is 10.1. The molecule has 1 aromatic carbocycles. The van der Waals surface area contributed by atoms with E-state index in [1.165, 1.54) is 0 Å². The number of carbonyl (C=O) groups excluding carboxylic acids is 1. The second kappa shape index (κ2) is 8.11. The van der Waals surface area contributed by atoms with Gasteiger partial charge in [0.25, 0.3) is 5.91 Å². The van der Waals surface area contributed by atoms with Gasteiger partial charge < -0.3 is 10.6 Å². The third-order valence-electron chi connectivity index (χ3n) is 3.45. The Hall–Kier alpha value is -1.88. The van der Waals surface area contributed by atoms with Gasteiger partial charge in [-0.1, -0.05) is 29.8 Å². The number of halogens is 1. The Balaban J connectivity index is 2.04. The zero-order valence-corrected chi connectivity index (χ0v) is 15.3. The van der Waals surface area contributed by atoms with Crippen LogP contribution in [-0.2, 0) is 0 Å². The largest absolute Gasteiger partial charge is 0.354 e. The minimum absolute atomic E-state index is 0.0891. The van der Waals surface area contributed by atoms with Crippen molar-refractivity contribution in [3.05, 3.63) is 52.3 Å². The summed E-state index contributed by atoms with van der Waals surface area (Å²) in [5.74, 6) is 0.482. The van der Waals surface area contributed by atoms with Crippen molar-refractivity contribution in [3.8, 4) is 0 Å². The van der Waals surface area contributed by atoms with Gasteiger partial charge in [-0.25, -0.2) is 0 Å². The number of anilines is 2. The molecule has 0 aliphatic rings. The lowest BCUT2D eigenvalue weighted by Crippen LogP contribution is -2.25. The topological polar surface area (TPSA) is 54.0 Å². The summed E-state index contributed by atoms with van der Waals surface area (Å²) in [5.41, 5.74) is 3.46. The Kier molecular flexibility index (Phi) is 6.16. The second-order valence-electron chi connectivity index (χ2n) is 5.99. The van der Waals surface area contributed by atoms with Crippen molar-refractivity contribution in [2.24, 2.45) is 5.92 Å². The molecule has 23 heavy (non-hydrogen) atoms. The molecule has 1 aromatic heterocycles. The smallest absolute Gasteiger partial charge is 0.252 e. The van der Waals surface area contributed by atoms with E-state index in [-0.39, 0.29) is 5.91 Å². The summed E-state index contributed by atoms with van der Waals surface area (Å²) in [4.78, 5) is 16.3. The van der Waals surface area contributed by atoms with Crippen LogP contribution < -0.4 is 10.6 Å². The summed E-state index contributed by atoms with van der Waals surface area (Å²) in [6, 6.07) is 7.83. The molecule has 0 saturated heterocycles. The number of aryl methyl sites for hydroxylation is 1. The van der Waals surface area contributed by atoms with Crippen LogP contribution in [0.4, 0.5) is 11.4 Å². The summed E-state index contributed by atoms with van der Waals surface area (Å²) in [6.45, 7) is 6.99. The maximum atomic E-state index is 12.1. The Morgan fingerprint density at radius 1 is 1.22 bits per heavy atom. The predicted octanol–water partition coefficient (Wildman–Crippen LogP) is 4.67. The fourth-order valence-electron chi connectivity index (χ4n) is 2.10. The van der Waals surface area contributed by atoms with Crippen molar-refractivity contribution in [3.63, 3.8) is 0 Å². The van der Waals surface area contributed by atoms with E-state index in [9.17, 15) is 4.79 Å². The Labute approximate surface area is 145 Å². The van der Waals surface area contributed by atoms with Crippen LogP contribution in [0.5, 0.6) is 0 Å². The summed E-state index contributed by atoms with van der Waals surface area (Å²) in [5, 5.41) is 6.20. The molecule has 122 valence electrons. The maximum Gasteiger partial charge on any atom is 0.252 e. The number of nitrogens with one attached hydrogen (secondary N) is 2. The van der Waals surface area contributed by atoms with Gasteiger partial charge in [-0.3, -0.25) is 9.78 Å². The third-order valence-corrected chi connectivity index (χ3v) is 4.34. The van der Waals surface area contributed by atoms with Crippen LogP contribution in [0.3, 0.4) is 0 Å². The molecular weight excluding hydrogens is 354 g/mol. The minimum atomic E-state index is -0.0891. The molecule has 0 spiro atoms. The first-order chi connectivity index (χ1) is 11.0. The number of nitrogens with zero attached hydrogens (tertiary/aromatic N) is 1. The van der Waals surface area contributed by atoms with E-state index in [1.54, 1.807) is 12.4 Å². The van der Waals surface area contributed by atoms with Gasteiger partial charge >= 0.3 is 0 Å². The van der Waals surface area contributed by atoms with Gasteiger partial charge in [0.05, 0.1) is 17.4 Å². The highest BCUT2D eigenvalue weighted by molar-refractivity contribution is 9.10. The molecule has 0 fully saturated rings. The van der Waals surface area contributed by atoms with Gasteiger partial charge in [-0.15, -0.1) is 0 Å². The van der Waals surface area contributed by atoms with Crippen LogP contribution >= 0.6 is 15.9 Å². The molecule has 1 amide bonds. The second-order valence-corrected chi connectivity index (χ2v) is 6.84. The van der Waals surface area contributed by atoms with Gasteiger partial charge in [0, 0.05) is 22.9 Å². The van der Waals surface area contributed by atoms with Gasteiger partial charge in [-0.2, -0.15) is 0 Å². The quantitative estimate of drug-likeness (QED) is 0.770. The normalized spacial score (nSPS) is 10.7. The van der Waals surface area contributed by atoms with E-state index in [0.29, 0.717) is 18.0 Å². The minimum Gasteiger partial charge on any atom is -0.354 e. The van der Waals surface area contributed by atoms with E-state index in [1.807, 2.05) is 31.2 Å². The summed E-state index contributed by atoms with van der Waals surface area (Å²) in [6.07, 6.45) is 4.26. The van der Waals surface area contributed by atoms with Crippen molar-refractivity contribution < 1.29 is 4.79 Å². The average molecular weight is 376 g/mol. The van der Waals surface area contributed by atoms with Gasteiger partial charge in [0.15, 0.2) is 0 Å². The van der Waals surface area contributed by atoms with Crippen molar-refractivity contribution in [2.75, 3.05) is 11.9 Å². The summed E-state index contributed by atoms with van der Waals surface area (Å²) < 4.78 is 1.07. The average Bonchev–Trinajstić information content (AvgIpc) is 2.51. The van der Waals surface area contributed by atoms with Gasteiger partial charge in [0.1, 0.15) is 0 Å². The van der Waals surface area contributed by atoms with Crippen molar-refractivity contribution in [1.29, 1.82) is 0 Å². The first kappa shape index (κ1) is 17.5. The van der Waals surface area contributed by atoms with E-state index >= 15 is 0 Å². The highest BCUT2D eigenvalue weighted by atomic mass is 79.9. The number of benzene rings is 1. The predicted molar refractivity (Wildman–Crippen MR) is 98.2 cm³/mol. The van der Waals surface area contributed by atoms with E-state index in [4.69, 9.17) is 0 Å². The lowest BCUT2D eigenvalue weighted by molar-refractivity contribution is 0.0951. The highest BCUT2D eigenvalue weighted by Crippen LogP contribution is 2.23. The Morgan fingerprint density at radius 2 is 2.00 bits per heavy atom. The highest BCUT2D eigenvalue weighted by Gasteiger charge is 2.07. The Morgan fingerprint density at radius 3 is 2.70 bits per heavy atom. The summed E-state index contributed by atoms with van der Waals surface area (Å²) in [7, 11) is 0. The van der Waals surface area contributed by atoms with Crippen molar-refractivity contribution >= 4 is 33.2 Å². The first-order valence-corrected chi connectivity index (χ1v) is 8.51. The van der Waals surface area contributed by atoms with Gasteiger partial charge in [-0.05, 0) is 49.1 Å². The van der Waals surface area contributed by atoms with Crippen LogP contribution in [0.25, 0.3) is 0 Å². The molecule has 0 aliphatic heterocycles. The maximum absolute atomic E-state index is 12.1. The molecule has 2 aromatic rings. The molecule has 0 saturated carbocycles. The standard InChI is InChI=1S/C18H22BrN3O/c1-12(2)6-7-21-18(23)14-9-16(11-20-10-14)22-15-4-5-17(19)13(3)8-15/h4-5,8-12,22H,6-7H2,1-3H3,(H,21,23). The summed E-state index contributed by atoms with van der Waals surface area (Å²) >= 11 is 3.49. The monoisotopic (exact) mass is 375 g/mol. The molecule has 0 unspecified atom stereocenters. The molecule has 1 heterocycles. The van der Waals surface area contributed by atoms with Crippen molar-refractivity contribution in [1.82, 2.24) is 10.3 Å². The van der Waals surface area contributed by atoms with E-state index in [2.05, 4.69) is 45.4 Å². The molecule has 4 nitrogen and oxygen atoms in total. The fourth-order valence-corrected chi connectivity index (χ4v) is 2.34. The van der Waals surface area contributed by atoms with Gasteiger partial charge in [0.2, 0.25) is 0 Å². The SMILES string of the molecule is Cc1cc(Nc2cncc(C(=O)NCCC(C)C)c2)ccc1Br. The number of rotatable bonds is 6. The van der Waals surface area contributed by atoms with Crippen molar-refractivity contribution in [2.45, 2.75) is 27.2 Å². The molecular formula is C18H22BrN3O. The molecule has 5 heteroatoms. The van der Waals surface area contributed by atoms with Crippen LogP contribution in [0.2, 0.25) is 0 Å². The molecule has 2 N–H and O–H groups in total. The number of hydrogen-bond acceptors (Lipinski definition) is 3. The number of aromatic nitrogens is 1. The molecule has 0 bridgehead atoms. The number of hydrogen-bond donors (Lipinski definition) is 2. The lowest BCUT2D eigenvalue weighted by Gasteiger charge is -2.10. The zero-order valence-electron chi connectivity index (χ0n) is 13.7. The molecule has 0 atom stereocenters. The zero-order chi connectivity index (χ0) is 16.8. The molecule has 2 rings (SSSR count). The first-order valence-electron chi connectivity index (χ1n) is 7.72. The van der Waals surface area contributed by atoms with E-state index < -0.39 is 0 Å². The Bertz CT molecular complexity index is 686.